The molecule has 0 aromatic heterocycles. The summed E-state index contributed by atoms with van der Waals surface area (Å²) in [6.07, 6.45) is 2.23. The van der Waals surface area contributed by atoms with Crippen LogP contribution in [0.25, 0.3) is 0 Å². The Morgan fingerprint density at radius 2 is 1.63 bits per heavy atom. The second kappa shape index (κ2) is 9.30. The summed E-state index contributed by atoms with van der Waals surface area (Å²) in [4.78, 5) is 28.4. The van der Waals surface area contributed by atoms with Crippen LogP contribution >= 0.6 is 22.6 Å². The van der Waals surface area contributed by atoms with Crippen LogP contribution < -0.4 is 0 Å². The Morgan fingerprint density at radius 1 is 0.963 bits per heavy atom. The minimum Gasteiger partial charge on any atom is -0.339 e. The number of piperazine rings is 1. The summed E-state index contributed by atoms with van der Waals surface area (Å²) in [7, 11) is 0. The van der Waals surface area contributed by atoms with Gasteiger partial charge in [0.1, 0.15) is 5.82 Å². The fourth-order valence-corrected chi connectivity index (χ4v) is 3.55. The third kappa shape index (κ3) is 5.28. The topological polar surface area (TPSA) is 40.6 Å². The largest absolute Gasteiger partial charge is 0.339 e. The zero-order chi connectivity index (χ0) is 19.2. The molecule has 1 heterocycles. The van der Waals surface area contributed by atoms with Crippen LogP contribution in [0.1, 0.15) is 28.8 Å². The number of aryl methyl sites for hydroxylation is 1. The molecule has 1 fully saturated rings. The first-order chi connectivity index (χ1) is 13.0. The molecule has 0 radical (unpaired) electrons. The van der Waals surface area contributed by atoms with Gasteiger partial charge in [-0.1, -0.05) is 30.3 Å². The van der Waals surface area contributed by atoms with Crippen molar-refractivity contribution in [1.82, 2.24) is 9.80 Å². The lowest BCUT2D eigenvalue weighted by Crippen LogP contribution is -2.50. The predicted molar refractivity (Wildman–Crippen MR) is 111 cm³/mol. The summed E-state index contributed by atoms with van der Waals surface area (Å²) in [5, 5.41) is 0. The van der Waals surface area contributed by atoms with Gasteiger partial charge in [0.25, 0.3) is 5.91 Å². The molecule has 1 aliphatic heterocycles. The molecule has 3 rings (SSSR count). The van der Waals surface area contributed by atoms with Crippen molar-refractivity contribution in [2.45, 2.75) is 19.3 Å². The summed E-state index contributed by atoms with van der Waals surface area (Å²) < 4.78 is 14.2. The molecule has 0 spiro atoms. The fourth-order valence-electron chi connectivity index (χ4n) is 3.22. The summed E-state index contributed by atoms with van der Waals surface area (Å²) in [6, 6.07) is 14.7. The molecular weight excluding hydrogens is 458 g/mol. The van der Waals surface area contributed by atoms with Gasteiger partial charge in [0.05, 0.1) is 0 Å². The Hall–Kier alpha value is -1.96. The molecule has 27 heavy (non-hydrogen) atoms. The lowest BCUT2D eigenvalue weighted by Gasteiger charge is -2.35. The smallest absolute Gasteiger partial charge is 0.254 e. The Labute approximate surface area is 172 Å². The van der Waals surface area contributed by atoms with Gasteiger partial charge in [-0.2, -0.15) is 0 Å². The van der Waals surface area contributed by atoms with Crippen LogP contribution in [0.2, 0.25) is 0 Å². The van der Waals surface area contributed by atoms with E-state index in [1.54, 1.807) is 17.0 Å². The van der Waals surface area contributed by atoms with E-state index in [0.29, 0.717) is 41.7 Å². The highest BCUT2D eigenvalue weighted by Crippen LogP contribution is 2.16. The minimum absolute atomic E-state index is 0.137. The highest BCUT2D eigenvalue weighted by molar-refractivity contribution is 14.1. The number of benzene rings is 2. The Bertz CT molecular complexity index is 805. The quantitative estimate of drug-likeness (QED) is 0.613. The SMILES string of the molecule is O=C(CCCc1ccccc1)N1CCN(C(=O)c2ccc(I)c(F)c2)CC1. The van der Waals surface area contributed by atoms with Crippen LogP contribution in [0.3, 0.4) is 0 Å². The summed E-state index contributed by atoms with van der Waals surface area (Å²) in [5.74, 6) is -0.423. The normalized spacial score (nSPS) is 14.3. The van der Waals surface area contributed by atoms with Crippen LogP contribution in [0.15, 0.2) is 48.5 Å². The monoisotopic (exact) mass is 480 g/mol. The zero-order valence-electron chi connectivity index (χ0n) is 15.0. The molecule has 1 aliphatic rings. The molecule has 0 N–H and O–H groups in total. The van der Waals surface area contributed by atoms with Crippen molar-refractivity contribution in [2.75, 3.05) is 26.2 Å². The van der Waals surface area contributed by atoms with Crippen LogP contribution in [-0.4, -0.2) is 47.8 Å². The van der Waals surface area contributed by atoms with E-state index in [4.69, 9.17) is 0 Å². The summed E-state index contributed by atoms with van der Waals surface area (Å²) >= 11 is 1.90. The summed E-state index contributed by atoms with van der Waals surface area (Å²) in [6.45, 7) is 2.03. The van der Waals surface area contributed by atoms with E-state index in [1.807, 2.05) is 45.7 Å². The van der Waals surface area contributed by atoms with Gasteiger partial charge in [0.2, 0.25) is 5.91 Å². The van der Waals surface area contributed by atoms with Gasteiger partial charge >= 0.3 is 0 Å². The van der Waals surface area contributed by atoms with E-state index in [-0.39, 0.29) is 17.6 Å². The number of hydrogen-bond acceptors (Lipinski definition) is 2. The van der Waals surface area contributed by atoms with Gasteiger partial charge in [0, 0.05) is 41.7 Å². The standard InChI is InChI=1S/C21H22FIN2O2/c22-18-15-17(9-10-19(18)23)21(27)25-13-11-24(12-14-25)20(26)8-4-7-16-5-2-1-3-6-16/h1-3,5-6,9-10,15H,4,7-8,11-14H2. The average molecular weight is 480 g/mol. The first-order valence-electron chi connectivity index (χ1n) is 9.10. The lowest BCUT2D eigenvalue weighted by atomic mass is 10.1. The van der Waals surface area contributed by atoms with Gasteiger partial charge in [-0.15, -0.1) is 0 Å². The van der Waals surface area contributed by atoms with E-state index in [0.717, 1.165) is 12.8 Å². The number of amides is 2. The minimum atomic E-state index is -0.381. The van der Waals surface area contributed by atoms with E-state index in [1.165, 1.54) is 11.6 Å². The highest BCUT2D eigenvalue weighted by atomic mass is 127. The molecule has 0 atom stereocenters. The zero-order valence-corrected chi connectivity index (χ0v) is 17.2. The number of carbonyl (C=O) groups is 2. The predicted octanol–water partition coefficient (Wildman–Crippen LogP) is 3.74. The van der Waals surface area contributed by atoms with Gasteiger partial charge in [-0.25, -0.2) is 4.39 Å². The second-order valence-corrected chi connectivity index (χ2v) is 7.80. The average Bonchev–Trinajstić information content (AvgIpc) is 2.70. The van der Waals surface area contributed by atoms with Crippen molar-refractivity contribution < 1.29 is 14.0 Å². The van der Waals surface area contributed by atoms with Crippen molar-refractivity contribution in [3.05, 3.63) is 69.0 Å². The first kappa shape index (κ1) is 19.8. The van der Waals surface area contributed by atoms with E-state index in [2.05, 4.69) is 12.1 Å². The van der Waals surface area contributed by atoms with Crippen molar-refractivity contribution >= 4 is 34.4 Å². The molecule has 142 valence electrons. The fraction of sp³-hybridized carbons (Fsp3) is 0.333. The van der Waals surface area contributed by atoms with Crippen molar-refractivity contribution in [1.29, 1.82) is 0 Å². The van der Waals surface area contributed by atoms with Gasteiger partial charge in [-0.05, 0) is 59.2 Å². The van der Waals surface area contributed by atoms with Crippen molar-refractivity contribution in [3.8, 4) is 0 Å². The Kier molecular flexibility index (Phi) is 6.82. The summed E-state index contributed by atoms with van der Waals surface area (Å²) in [5.41, 5.74) is 1.60. The molecule has 1 saturated heterocycles. The number of rotatable bonds is 5. The molecule has 2 aromatic carbocycles. The van der Waals surface area contributed by atoms with Crippen LogP contribution in [-0.2, 0) is 11.2 Å². The molecule has 4 nitrogen and oxygen atoms in total. The maximum atomic E-state index is 13.7. The maximum absolute atomic E-state index is 13.7. The van der Waals surface area contributed by atoms with Crippen LogP contribution in [0, 0.1) is 9.39 Å². The number of carbonyl (C=O) groups excluding carboxylic acids is 2. The third-order valence-electron chi connectivity index (χ3n) is 4.79. The number of halogens is 2. The van der Waals surface area contributed by atoms with Crippen molar-refractivity contribution in [2.24, 2.45) is 0 Å². The molecule has 0 saturated carbocycles. The first-order valence-corrected chi connectivity index (χ1v) is 10.2. The molecule has 2 amide bonds. The number of nitrogens with zero attached hydrogens (tertiary/aromatic N) is 2. The van der Waals surface area contributed by atoms with Crippen molar-refractivity contribution in [3.63, 3.8) is 0 Å². The molecule has 0 unspecified atom stereocenters. The highest BCUT2D eigenvalue weighted by Gasteiger charge is 2.25. The Morgan fingerprint density at radius 3 is 2.30 bits per heavy atom. The third-order valence-corrected chi connectivity index (χ3v) is 5.66. The van der Waals surface area contributed by atoms with Crippen LogP contribution in [0.4, 0.5) is 4.39 Å². The molecular formula is C21H22FIN2O2. The van der Waals surface area contributed by atoms with Gasteiger partial charge in [-0.3, -0.25) is 9.59 Å². The van der Waals surface area contributed by atoms with Gasteiger partial charge < -0.3 is 9.80 Å². The van der Waals surface area contributed by atoms with E-state index >= 15 is 0 Å². The molecule has 2 aromatic rings. The molecule has 0 bridgehead atoms. The lowest BCUT2D eigenvalue weighted by molar-refractivity contribution is -0.132. The molecule has 6 heteroatoms. The van der Waals surface area contributed by atoms with Crippen LogP contribution in [0.5, 0.6) is 0 Å². The van der Waals surface area contributed by atoms with E-state index < -0.39 is 0 Å². The van der Waals surface area contributed by atoms with Gasteiger partial charge in [0.15, 0.2) is 0 Å². The molecule has 0 aliphatic carbocycles. The Balaban J connectivity index is 1.45. The van der Waals surface area contributed by atoms with E-state index in [9.17, 15) is 14.0 Å². The maximum Gasteiger partial charge on any atom is 0.254 e. The second-order valence-electron chi connectivity index (χ2n) is 6.64. The number of hydrogen-bond donors (Lipinski definition) is 0.